The summed E-state index contributed by atoms with van der Waals surface area (Å²) in [5, 5.41) is 8.61. The van der Waals surface area contributed by atoms with Gasteiger partial charge in [0.05, 0.1) is 5.82 Å². The lowest BCUT2D eigenvalue weighted by atomic mass is 9.57. The van der Waals surface area contributed by atoms with Gasteiger partial charge in [-0.3, -0.25) is 9.59 Å². The topological polar surface area (TPSA) is 85.6 Å². The zero-order chi connectivity index (χ0) is 19.9. The van der Waals surface area contributed by atoms with Crippen molar-refractivity contribution < 1.29 is 28.1 Å². The summed E-state index contributed by atoms with van der Waals surface area (Å²) in [4.78, 5) is 24.1. The minimum Gasteiger partial charge on any atom is -0.493 e. The number of hydrogen-bond donors (Lipinski definition) is 0. The fraction of sp³-hybridized carbons (Fsp3) is 0.250. The summed E-state index contributed by atoms with van der Waals surface area (Å²) in [6.07, 6.45) is 1.93. The number of carbonyl (C=O) groups is 2. The van der Waals surface area contributed by atoms with Crippen LogP contribution in [0.1, 0.15) is 28.8 Å². The Balaban J connectivity index is 1.53. The number of cyclic esters (lactones) is 1. The quantitative estimate of drug-likeness (QED) is 0.302. The molecule has 2 aromatic carbocycles. The molecule has 8 heteroatoms. The average molecular weight is 381 g/mol. The van der Waals surface area contributed by atoms with Crippen molar-refractivity contribution in [2.75, 3.05) is 6.51 Å². The molecule has 0 amide bonds. The summed E-state index contributed by atoms with van der Waals surface area (Å²) in [5.41, 5.74) is 0.919. The molecule has 1 unspecified atom stereocenters. The van der Waals surface area contributed by atoms with E-state index in [4.69, 9.17) is 19.4 Å². The molecule has 0 aliphatic carbocycles. The first-order valence-electron chi connectivity index (χ1n) is 8.79. The summed E-state index contributed by atoms with van der Waals surface area (Å²) < 4.78 is 28.8. The second-order valence-corrected chi connectivity index (χ2v) is 6.35. The minimum atomic E-state index is -0.639. The molecule has 1 heterocycles. The van der Waals surface area contributed by atoms with Crippen LogP contribution in [-0.2, 0) is 20.8 Å². The molecule has 6 nitrogen and oxygen atoms in total. The van der Waals surface area contributed by atoms with Crippen molar-refractivity contribution in [1.82, 2.24) is 0 Å². The Hall–Kier alpha value is -3.34. The van der Waals surface area contributed by atoms with Crippen molar-refractivity contribution in [1.29, 1.82) is 5.26 Å². The van der Waals surface area contributed by atoms with Crippen LogP contribution < -0.4 is 4.74 Å². The van der Waals surface area contributed by atoms with E-state index in [-0.39, 0.29) is 37.6 Å². The lowest BCUT2D eigenvalue weighted by Crippen LogP contribution is -2.24. The molecule has 1 fully saturated rings. The van der Waals surface area contributed by atoms with E-state index in [0.717, 1.165) is 0 Å². The van der Waals surface area contributed by atoms with Crippen molar-refractivity contribution in [2.45, 2.75) is 25.3 Å². The van der Waals surface area contributed by atoms with Crippen molar-refractivity contribution in [3.8, 4) is 12.0 Å². The first-order chi connectivity index (χ1) is 13.6. The number of carbonyl (C=O) groups excluding carboxylic acids is 2. The maximum Gasteiger partial charge on any atom is 0.425 e. The summed E-state index contributed by atoms with van der Waals surface area (Å²) in [6, 6.07) is 12.9. The van der Waals surface area contributed by atoms with Gasteiger partial charge < -0.3 is 14.1 Å². The van der Waals surface area contributed by atoms with Crippen LogP contribution >= 0.6 is 0 Å². The molecule has 0 radical (unpaired) electrons. The standard InChI is InChI=1S/C20H17BFNO5/c22-18-4-2-1-3-15(18)11-26-16-7-5-14(6-8-16)19(24)10-9-17-20(25)27-12-21(17)28-13-23/h1-8,17H,9-12H2. The number of esters is 1. The van der Waals surface area contributed by atoms with Crippen molar-refractivity contribution in [3.05, 3.63) is 65.5 Å². The Kier molecular flexibility index (Phi) is 6.27. The number of rotatable bonds is 8. The van der Waals surface area contributed by atoms with Crippen LogP contribution in [-0.4, -0.2) is 25.2 Å². The molecule has 0 spiro atoms. The molecule has 0 saturated carbocycles. The molecule has 1 aliphatic heterocycles. The fourth-order valence-corrected chi connectivity index (χ4v) is 2.97. The molecule has 3 rings (SSSR count). The molecule has 142 valence electrons. The van der Waals surface area contributed by atoms with Gasteiger partial charge >= 0.3 is 12.9 Å². The number of ketones is 1. The van der Waals surface area contributed by atoms with E-state index < -0.39 is 18.7 Å². The van der Waals surface area contributed by atoms with Crippen LogP contribution in [0.25, 0.3) is 0 Å². The third kappa shape index (κ3) is 4.68. The number of halogens is 1. The highest BCUT2D eigenvalue weighted by Gasteiger charge is 2.43. The third-order valence-electron chi connectivity index (χ3n) is 4.56. The van der Waals surface area contributed by atoms with Crippen molar-refractivity contribution >= 4 is 18.7 Å². The molecule has 0 N–H and O–H groups in total. The highest BCUT2D eigenvalue weighted by atomic mass is 19.1. The average Bonchev–Trinajstić information content (AvgIpc) is 3.05. The van der Waals surface area contributed by atoms with E-state index in [1.807, 2.05) is 0 Å². The molecule has 0 bridgehead atoms. The maximum atomic E-state index is 13.6. The molecule has 1 saturated heterocycles. The predicted octanol–water partition coefficient (Wildman–Crippen LogP) is 3.32. The van der Waals surface area contributed by atoms with Gasteiger partial charge in [-0.25, -0.2) is 4.39 Å². The van der Waals surface area contributed by atoms with Gasteiger partial charge in [-0.1, -0.05) is 18.2 Å². The molecule has 2 aromatic rings. The van der Waals surface area contributed by atoms with Crippen LogP contribution in [0.5, 0.6) is 5.75 Å². The van der Waals surface area contributed by atoms with Crippen LogP contribution in [0.3, 0.4) is 0 Å². The molecular formula is C20H17BFNO5. The number of ether oxygens (including phenoxy) is 2. The monoisotopic (exact) mass is 381 g/mol. The van der Waals surface area contributed by atoms with Crippen LogP contribution in [0.15, 0.2) is 48.5 Å². The third-order valence-corrected chi connectivity index (χ3v) is 4.56. The summed E-state index contributed by atoms with van der Waals surface area (Å²) in [6.45, 7) is -0.525. The zero-order valence-corrected chi connectivity index (χ0v) is 15.0. The molecular weight excluding hydrogens is 364 g/mol. The van der Waals surface area contributed by atoms with Crippen LogP contribution in [0.2, 0.25) is 5.82 Å². The lowest BCUT2D eigenvalue weighted by molar-refractivity contribution is -0.139. The Morgan fingerprint density at radius 3 is 2.71 bits per heavy atom. The Bertz CT molecular complexity index is 896. The van der Waals surface area contributed by atoms with Crippen molar-refractivity contribution in [3.63, 3.8) is 0 Å². The largest absolute Gasteiger partial charge is 0.493 e. The van der Waals surface area contributed by atoms with E-state index in [1.54, 1.807) is 48.7 Å². The van der Waals surface area contributed by atoms with E-state index >= 15 is 0 Å². The lowest BCUT2D eigenvalue weighted by Gasteiger charge is -2.10. The smallest absolute Gasteiger partial charge is 0.425 e. The fourth-order valence-electron chi connectivity index (χ4n) is 2.97. The number of nitrogens with zero attached hydrogens (tertiary/aromatic N) is 1. The highest BCUT2D eigenvalue weighted by Crippen LogP contribution is 2.27. The van der Waals surface area contributed by atoms with E-state index in [2.05, 4.69) is 0 Å². The summed E-state index contributed by atoms with van der Waals surface area (Å²) >= 11 is 0. The number of benzene rings is 2. The van der Waals surface area contributed by atoms with Crippen LogP contribution in [0, 0.1) is 17.3 Å². The van der Waals surface area contributed by atoms with Gasteiger partial charge in [0.15, 0.2) is 5.78 Å². The summed E-state index contributed by atoms with van der Waals surface area (Å²) in [5.74, 6) is -1.03. The van der Waals surface area contributed by atoms with Crippen LogP contribution in [0.4, 0.5) is 4.39 Å². The van der Waals surface area contributed by atoms with Gasteiger partial charge in [0.2, 0.25) is 0 Å². The normalized spacial score (nSPS) is 15.6. The Morgan fingerprint density at radius 2 is 2.00 bits per heavy atom. The zero-order valence-electron chi connectivity index (χ0n) is 15.0. The molecule has 28 heavy (non-hydrogen) atoms. The second-order valence-electron chi connectivity index (χ2n) is 6.35. The molecule has 1 aliphatic rings. The van der Waals surface area contributed by atoms with E-state index in [1.165, 1.54) is 6.07 Å². The first kappa shape index (κ1) is 19.4. The Labute approximate surface area is 161 Å². The van der Waals surface area contributed by atoms with Gasteiger partial charge in [0.25, 0.3) is 6.26 Å². The first-order valence-corrected chi connectivity index (χ1v) is 8.79. The number of hydrogen-bond acceptors (Lipinski definition) is 6. The Morgan fingerprint density at radius 1 is 1.25 bits per heavy atom. The van der Waals surface area contributed by atoms with Crippen molar-refractivity contribution in [2.24, 2.45) is 0 Å². The number of Topliss-reactive ketones (excluding diaryl/α,β-unsaturated/α-hetero) is 1. The highest BCUT2D eigenvalue weighted by molar-refractivity contribution is 6.60. The van der Waals surface area contributed by atoms with Gasteiger partial charge in [-0.15, -0.1) is 0 Å². The summed E-state index contributed by atoms with van der Waals surface area (Å²) in [7, 11) is 0. The second kappa shape index (κ2) is 9.04. The molecule has 1 atom stereocenters. The minimum absolute atomic E-state index is 0.0271. The predicted molar refractivity (Wildman–Crippen MR) is 97.9 cm³/mol. The van der Waals surface area contributed by atoms with Gasteiger partial charge in [0.1, 0.15) is 24.7 Å². The number of nitriles is 1. The van der Waals surface area contributed by atoms with Gasteiger partial charge in [-0.2, -0.15) is 5.26 Å². The van der Waals surface area contributed by atoms with Gasteiger partial charge in [0, 0.05) is 17.5 Å². The molecule has 0 aromatic heterocycles. The SMILES string of the molecule is N#COB1COC(=O)C1CCC(=O)c1ccc(OCc2ccccc2F)cc1. The van der Waals surface area contributed by atoms with E-state index in [0.29, 0.717) is 16.9 Å². The van der Waals surface area contributed by atoms with Gasteiger partial charge in [-0.05, 0) is 36.8 Å². The maximum absolute atomic E-state index is 13.6. The van der Waals surface area contributed by atoms with E-state index in [9.17, 15) is 14.0 Å².